The smallest absolute Gasteiger partial charge is 0.343 e. The number of nitrogens with one attached hydrogen (secondary N) is 1. The van der Waals surface area contributed by atoms with E-state index in [4.69, 9.17) is 4.74 Å². The van der Waals surface area contributed by atoms with E-state index in [1.54, 1.807) is 0 Å². The van der Waals surface area contributed by atoms with E-state index in [9.17, 15) is 9.90 Å². The van der Waals surface area contributed by atoms with Crippen molar-refractivity contribution in [1.82, 2.24) is 5.32 Å². The molecule has 1 aromatic rings. The number of hydrogen-bond acceptors (Lipinski definition) is 4. The first kappa shape index (κ1) is 17.0. The molecule has 1 aromatic carbocycles. The van der Waals surface area contributed by atoms with Gasteiger partial charge >= 0.3 is 5.97 Å². The minimum atomic E-state index is -1.49. The van der Waals surface area contributed by atoms with Crippen molar-refractivity contribution in [2.24, 2.45) is 11.3 Å². The fourth-order valence-electron chi connectivity index (χ4n) is 5.15. The number of carbonyl (C=O) groups is 1. The Morgan fingerprint density at radius 2 is 1.76 bits per heavy atom. The predicted molar refractivity (Wildman–Crippen MR) is 95.9 cm³/mol. The Morgan fingerprint density at radius 3 is 2.40 bits per heavy atom. The number of benzene rings is 1. The zero-order valence-electron chi connectivity index (χ0n) is 14.9. The van der Waals surface area contributed by atoms with Gasteiger partial charge in [0, 0.05) is 5.92 Å². The van der Waals surface area contributed by atoms with Crippen LogP contribution in [0.3, 0.4) is 0 Å². The summed E-state index contributed by atoms with van der Waals surface area (Å²) in [5.41, 5.74) is -0.439. The summed E-state index contributed by atoms with van der Waals surface area (Å²) < 4.78 is 5.84. The monoisotopic (exact) mass is 343 g/mol. The number of piperidine rings is 1. The summed E-state index contributed by atoms with van der Waals surface area (Å²) in [7, 11) is 0. The number of carbonyl (C=O) groups excluding carboxylic acids is 1. The minimum absolute atomic E-state index is 0.0257. The molecule has 0 aromatic heterocycles. The highest BCUT2D eigenvalue weighted by atomic mass is 16.6. The number of aliphatic hydroxyl groups is 1. The Bertz CT molecular complexity index is 597. The molecule has 25 heavy (non-hydrogen) atoms. The molecule has 1 spiro atoms. The first-order valence-electron chi connectivity index (χ1n) is 9.82. The van der Waals surface area contributed by atoms with Gasteiger partial charge in [0.25, 0.3) is 0 Å². The number of ether oxygens (including phenoxy) is 1. The molecule has 2 aliphatic carbocycles. The maximum Gasteiger partial charge on any atom is 0.343 e. The standard InChI is InChI=1S/C21H29NO3/c23-19(25-18-14-20(15-18)10-12-22-13-11-20)21(24,17-8-4-5-9-17)16-6-2-1-3-7-16/h1-3,6-7,17-18,22,24H,4-5,8-15H2. The second-order valence-corrected chi connectivity index (χ2v) is 8.30. The average molecular weight is 343 g/mol. The van der Waals surface area contributed by atoms with E-state index < -0.39 is 11.6 Å². The Morgan fingerprint density at radius 1 is 1.12 bits per heavy atom. The normalized spacial score (nSPS) is 26.1. The van der Waals surface area contributed by atoms with Crippen molar-refractivity contribution in [3.05, 3.63) is 35.9 Å². The van der Waals surface area contributed by atoms with Crippen molar-refractivity contribution in [2.75, 3.05) is 13.1 Å². The highest BCUT2D eigenvalue weighted by Gasteiger charge is 2.52. The third-order valence-electron chi connectivity index (χ3n) is 6.73. The minimum Gasteiger partial charge on any atom is -0.460 e. The van der Waals surface area contributed by atoms with E-state index in [2.05, 4.69) is 5.32 Å². The van der Waals surface area contributed by atoms with Crippen LogP contribution in [0.25, 0.3) is 0 Å². The van der Waals surface area contributed by atoms with Crippen molar-refractivity contribution in [3.8, 4) is 0 Å². The van der Waals surface area contributed by atoms with Gasteiger partial charge in [0.1, 0.15) is 6.10 Å². The fourth-order valence-corrected chi connectivity index (χ4v) is 5.15. The lowest BCUT2D eigenvalue weighted by Gasteiger charge is -2.50. The Balaban J connectivity index is 1.47. The van der Waals surface area contributed by atoms with Crippen LogP contribution in [0, 0.1) is 11.3 Å². The van der Waals surface area contributed by atoms with Crippen LogP contribution < -0.4 is 5.32 Å². The van der Waals surface area contributed by atoms with Crippen LogP contribution in [-0.4, -0.2) is 30.3 Å². The van der Waals surface area contributed by atoms with Gasteiger partial charge in [-0.25, -0.2) is 4.79 Å². The van der Waals surface area contributed by atoms with Crippen molar-refractivity contribution >= 4 is 5.97 Å². The average Bonchev–Trinajstić information content (AvgIpc) is 3.16. The Hall–Kier alpha value is -1.39. The molecule has 1 saturated heterocycles. The Kier molecular flexibility index (Phi) is 4.59. The van der Waals surface area contributed by atoms with Crippen LogP contribution in [0.1, 0.15) is 56.9 Å². The van der Waals surface area contributed by atoms with Crippen molar-refractivity contribution in [1.29, 1.82) is 0 Å². The molecule has 0 radical (unpaired) electrons. The quantitative estimate of drug-likeness (QED) is 0.825. The molecule has 3 aliphatic rings. The largest absolute Gasteiger partial charge is 0.460 e. The van der Waals surface area contributed by atoms with Gasteiger partial charge in [-0.15, -0.1) is 0 Å². The molecule has 2 N–H and O–H groups in total. The van der Waals surface area contributed by atoms with E-state index in [-0.39, 0.29) is 12.0 Å². The summed E-state index contributed by atoms with van der Waals surface area (Å²) in [6, 6.07) is 9.39. The molecule has 3 fully saturated rings. The van der Waals surface area contributed by atoms with Gasteiger partial charge in [-0.1, -0.05) is 43.2 Å². The molecule has 1 atom stereocenters. The van der Waals surface area contributed by atoms with Crippen molar-refractivity contribution < 1.29 is 14.6 Å². The second kappa shape index (κ2) is 6.73. The zero-order chi connectivity index (χ0) is 17.3. The summed E-state index contributed by atoms with van der Waals surface area (Å²) in [6.07, 6.45) is 8.16. The van der Waals surface area contributed by atoms with Crippen LogP contribution in [-0.2, 0) is 15.1 Å². The third-order valence-corrected chi connectivity index (χ3v) is 6.73. The summed E-state index contributed by atoms with van der Waals surface area (Å²) >= 11 is 0. The first-order valence-corrected chi connectivity index (χ1v) is 9.82. The van der Waals surface area contributed by atoms with E-state index in [1.165, 1.54) is 12.8 Å². The van der Waals surface area contributed by atoms with Gasteiger partial charge in [-0.05, 0) is 62.6 Å². The molecule has 1 aliphatic heterocycles. The van der Waals surface area contributed by atoms with Crippen LogP contribution in [0.4, 0.5) is 0 Å². The SMILES string of the molecule is O=C(OC1CC2(CCNCC2)C1)C(O)(c1ccccc1)C1CCCC1. The molecule has 0 amide bonds. The van der Waals surface area contributed by atoms with E-state index in [1.807, 2.05) is 30.3 Å². The number of rotatable bonds is 4. The van der Waals surface area contributed by atoms with Gasteiger partial charge in [0.2, 0.25) is 0 Å². The molecule has 2 saturated carbocycles. The lowest BCUT2D eigenvalue weighted by molar-refractivity contribution is -0.191. The highest BCUT2D eigenvalue weighted by molar-refractivity contribution is 5.82. The summed E-state index contributed by atoms with van der Waals surface area (Å²) in [4.78, 5) is 13.0. The second-order valence-electron chi connectivity index (χ2n) is 8.30. The summed E-state index contributed by atoms with van der Waals surface area (Å²) in [6.45, 7) is 2.13. The molecule has 0 bridgehead atoms. The van der Waals surface area contributed by atoms with Gasteiger partial charge in [-0.3, -0.25) is 0 Å². The zero-order valence-corrected chi connectivity index (χ0v) is 14.9. The lowest BCUT2D eigenvalue weighted by Crippen LogP contribution is -2.52. The van der Waals surface area contributed by atoms with Crippen LogP contribution in [0.2, 0.25) is 0 Å². The fraction of sp³-hybridized carbons (Fsp3) is 0.667. The van der Waals surface area contributed by atoms with Gasteiger partial charge in [0.15, 0.2) is 5.60 Å². The maximum absolute atomic E-state index is 13.0. The molecular weight excluding hydrogens is 314 g/mol. The summed E-state index contributed by atoms with van der Waals surface area (Å²) in [5.74, 6) is -0.463. The molecular formula is C21H29NO3. The predicted octanol–water partition coefficient (Wildman–Crippen LogP) is 3.14. The van der Waals surface area contributed by atoms with Gasteiger partial charge in [0.05, 0.1) is 0 Å². The summed E-state index contributed by atoms with van der Waals surface area (Å²) in [5, 5.41) is 14.8. The van der Waals surface area contributed by atoms with E-state index in [0.29, 0.717) is 11.0 Å². The molecule has 4 rings (SSSR count). The van der Waals surface area contributed by atoms with Crippen LogP contribution in [0.15, 0.2) is 30.3 Å². The lowest BCUT2D eigenvalue weighted by atomic mass is 9.61. The topological polar surface area (TPSA) is 58.6 Å². The van der Waals surface area contributed by atoms with Crippen molar-refractivity contribution in [2.45, 2.75) is 63.1 Å². The number of hydrogen-bond donors (Lipinski definition) is 2. The molecule has 4 heteroatoms. The highest BCUT2D eigenvalue weighted by Crippen LogP contribution is 2.50. The Labute approximate surface area is 150 Å². The molecule has 1 unspecified atom stereocenters. The first-order chi connectivity index (χ1) is 12.1. The molecule has 1 heterocycles. The van der Waals surface area contributed by atoms with Crippen LogP contribution in [0.5, 0.6) is 0 Å². The molecule has 136 valence electrons. The number of esters is 1. The van der Waals surface area contributed by atoms with Gasteiger partial charge < -0.3 is 15.2 Å². The third kappa shape index (κ3) is 3.11. The van der Waals surface area contributed by atoms with Gasteiger partial charge in [-0.2, -0.15) is 0 Å². The van der Waals surface area contributed by atoms with Crippen LogP contribution >= 0.6 is 0 Å². The van der Waals surface area contributed by atoms with Crippen molar-refractivity contribution in [3.63, 3.8) is 0 Å². The van der Waals surface area contributed by atoms with E-state index in [0.717, 1.165) is 51.6 Å². The molecule has 4 nitrogen and oxygen atoms in total. The maximum atomic E-state index is 13.0. The van der Waals surface area contributed by atoms with E-state index >= 15 is 0 Å².